The zero-order chi connectivity index (χ0) is 14.1. The van der Waals surface area contributed by atoms with Crippen LogP contribution in [0.1, 0.15) is 17.5 Å². The van der Waals surface area contributed by atoms with Crippen molar-refractivity contribution in [1.29, 1.82) is 0 Å². The van der Waals surface area contributed by atoms with E-state index in [0.717, 1.165) is 5.56 Å². The number of benzene rings is 1. The highest BCUT2D eigenvalue weighted by Crippen LogP contribution is 2.27. The number of hydrogen-bond acceptors (Lipinski definition) is 6. The molecule has 6 nitrogen and oxygen atoms in total. The van der Waals surface area contributed by atoms with E-state index in [4.69, 9.17) is 16.3 Å². The van der Waals surface area contributed by atoms with Gasteiger partial charge >= 0.3 is 5.97 Å². The molecule has 3 rings (SSSR count). The molecule has 0 spiro atoms. The molecule has 0 radical (unpaired) electrons. The predicted octanol–water partition coefficient (Wildman–Crippen LogP) is 2.68. The highest BCUT2D eigenvalue weighted by Gasteiger charge is 2.19. The molecule has 0 saturated carbocycles. The Morgan fingerprint density at radius 3 is 3.05 bits per heavy atom. The maximum Gasteiger partial charge on any atom is 0.378 e. The molecule has 8 heteroatoms. The number of carbonyl (C=O) groups is 1. The van der Waals surface area contributed by atoms with E-state index < -0.39 is 5.97 Å². The summed E-state index contributed by atoms with van der Waals surface area (Å²) in [6.07, 6.45) is 0. The summed E-state index contributed by atoms with van der Waals surface area (Å²) < 4.78 is 6.30. The van der Waals surface area contributed by atoms with Crippen molar-refractivity contribution in [2.24, 2.45) is 0 Å². The van der Waals surface area contributed by atoms with E-state index in [1.165, 1.54) is 15.9 Å². The molecule has 0 N–H and O–H groups in total. The van der Waals surface area contributed by atoms with Crippen LogP contribution in [-0.2, 0) is 4.74 Å². The van der Waals surface area contributed by atoms with E-state index in [2.05, 4.69) is 15.3 Å². The van der Waals surface area contributed by atoms with Crippen molar-refractivity contribution in [3.63, 3.8) is 0 Å². The van der Waals surface area contributed by atoms with Crippen molar-refractivity contribution in [2.75, 3.05) is 6.61 Å². The predicted molar refractivity (Wildman–Crippen MR) is 75.1 cm³/mol. The fourth-order valence-corrected chi connectivity index (χ4v) is 2.70. The Kier molecular flexibility index (Phi) is 3.37. The maximum absolute atomic E-state index is 11.7. The summed E-state index contributed by atoms with van der Waals surface area (Å²) in [7, 11) is 0. The summed E-state index contributed by atoms with van der Waals surface area (Å²) >= 11 is 7.29. The lowest BCUT2D eigenvalue weighted by Crippen LogP contribution is -2.10. The van der Waals surface area contributed by atoms with Crippen LogP contribution in [0.15, 0.2) is 24.3 Å². The Morgan fingerprint density at radius 2 is 2.30 bits per heavy atom. The molecular weight excluding hydrogens is 300 g/mol. The Hall–Kier alpha value is -1.99. The Bertz CT molecular complexity index is 783. The van der Waals surface area contributed by atoms with E-state index in [1.807, 2.05) is 12.1 Å². The fraction of sp³-hybridized carbons (Fsp3) is 0.167. The van der Waals surface area contributed by atoms with Crippen LogP contribution >= 0.6 is 22.9 Å². The summed E-state index contributed by atoms with van der Waals surface area (Å²) in [6, 6.07) is 7.32. The van der Waals surface area contributed by atoms with Crippen LogP contribution in [0.2, 0.25) is 5.02 Å². The number of carbonyl (C=O) groups excluding carboxylic acids is 1. The van der Waals surface area contributed by atoms with Gasteiger partial charge in [0.1, 0.15) is 5.01 Å². The largest absolute Gasteiger partial charge is 0.460 e. The van der Waals surface area contributed by atoms with Gasteiger partial charge in [-0.25, -0.2) is 4.79 Å². The molecule has 0 aliphatic carbocycles. The second-order valence-electron chi connectivity index (χ2n) is 3.86. The first-order chi connectivity index (χ1) is 9.69. The lowest BCUT2D eigenvalue weighted by atomic mass is 10.2. The third-order valence-corrected chi connectivity index (χ3v) is 3.70. The molecule has 0 bridgehead atoms. The molecule has 0 atom stereocenters. The van der Waals surface area contributed by atoms with Crippen LogP contribution in [0.25, 0.3) is 15.5 Å². The van der Waals surface area contributed by atoms with Crippen LogP contribution in [0.5, 0.6) is 0 Å². The molecule has 0 aliphatic rings. The van der Waals surface area contributed by atoms with Gasteiger partial charge in [-0.15, -0.1) is 10.2 Å². The van der Waals surface area contributed by atoms with Crippen molar-refractivity contribution in [1.82, 2.24) is 19.8 Å². The molecule has 102 valence electrons. The molecule has 2 aromatic heterocycles. The molecule has 0 aliphatic heterocycles. The second kappa shape index (κ2) is 5.18. The van der Waals surface area contributed by atoms with Gasteiger partial charge in [0.05, 0.1) is 6.61 Å². The number of esters is 1. The van der Waals surface area contributed by atoms with Crippen molar-refractivity contribution in [3.05, 3.63) is 35.1 Å². The third-order valence-electron chi connectivity index (χ3n) is 2.52. The first-order valence-corrected chi connectivity index (χ1v) is 7.04. The minimum atomic E-state index is -0.539. The van der Waals surface area contributed by atoms with Gasteiger partial charge < -0.3 is 4.74 Å². The molecule has 0 amide bonds. The zero-order valence-electron chi connectivity index (χ0n) is 10.4. The van der Waals surface area contributed by atoms with Gasteiger partial charge in [0.2, 0.25) is 4.96 Å². The summed E-state index contributed by atoms with van der Waals surface area (Å²) in [5, 5.41) is 13.4. The number of ether oxygens (including phenoxy) is 1. The lowest BCUT2D eigenvalue weighted by molar-refractivity contribution is 0.0509. The summed E-state index contributed by atoms with van der Waals surface area (Å²) in [6.45, 7) is 2.01. The topological polar surface area (TPSA) is 69.4 Å². The van der Waals surface area contributed by atoms with E-state index in [1.54, 1.807) is 19.1 Å². The Labute approximate surface area is 123 Å². The lowest BCUT2D eigenvalue weighted by Gasteiger charge is -1.97. The maximum atomic E-state index is 11.7. The highest BCUT2D eigenvalue weighted by atomic mass is 35.5. The second-order valence-corrected chi connectivity index (χ2v) is 5.25. The normalized spacial score (nSPS) is 10.9. The number of halogens is 1. The van der Waals surface area contributed by atoms with Crippen LogP contribution in [0.3, 0.4) is 0 Å². The minimum absolute atomic E-state index is 0.0754. The highest BCUT2D eigenvalue weighted by molar-refractivity contribution is 7.19. The number of hydrogen-bond donors (Lipinski definition) is 0. The number of nitrogens with zero attached hydrogens (tertiary/aromatic N) is 4. The standard InChI is InChI=1S/C12H9ClN4O2S/c1-2-19-11(18)9-14-15-12-17(9)16-10(20-12)7-4-3-5-8(13)6-7/h3-6H,2H2,1H3. The van der Waals surface area contributed by atoms with E-state index in [9.17, 15) is 4.79 Å². The minimum Gasteiger partial charge on any atom is -0.460 e. The average Bonchev–Trinajstić information content (AvgIpc) is 2.98. The number of rotatable bonds is 3. The van der Waals surface area contributed by atoms with Crippen molar-refractivity contribution < 1.29 is 9.53 Å². The molecule has 3 aromatic rings. The summed E-state index contributed by atoms with van der Waals surface area (Å²) in [5.41, 5.74) is 0.864. The van der Waals surface area contributed by atoms with E-state index in [-0.39, 0.29) is 12.4 Å². The van der Waals surface area contributed by atoms with Crippen LogP contribution in [-0.4, -0.2) is 32.4 Å². The first kappa shape index (κ1) is 13.0. The van der Waals surface area contributed by atoms with Crippen molar-refractivity contribution >= 4 is 33.9 Å². The third kappa shape index (κ3) is 2.25. The van der Waals surface area contributed by atoms with Crippen LogP contribution in [0, 0.1) is 0 Å². The van der Waals surface area contributed by atoms with Crippen LogP contribution < -0.4 is 0 Å². The smallest absolute Gasteiger partial charge is 0.378 e. The van der Waals surface area contributed by atoms with Gasteiger partial charge in [-0.05, 0) is 19.1 Å². The van der Waals surface area contributed by atoms with Crippen LogP contribution in [0.4, 0.5) is 0 Å². The van der Waals surface area contributed by atoms with E-state index >= 15 is 0 Å². The Morgan fingerprint density at radius 1 is 1.45 bits per heavy atom. The van der Waals surface area contributed by atoms with Gasteiger partial charge in [-0.2, -0.15) is 9.61 Å². The Balaban J connectivity index is 2.05. The van der Waals surface area contributed by atoms with Gasteiger partial charge in [0, 0.05) is 10.6 Å². The molecule has 0 unspecified atom stereocenters. The zero-order valence-corrected chi connectivity index (χ0v) is 12.0. The number of aromatic nitrogens is 4. The quantitative estimate of drug-likeness (QED) is 0.696. The molecule has 0 fully saturated rings. The summed E-state index contributed by atoms with van der Waals surface area (Å²) in [5.74, 6) is -0.464. The monoisotopic (exact) mass is 308 g/mol. The SMILES string of the molecule is CCOC(=O)c1nnc2sc(-c3cccc(Cl)c3)nn12. The van der Waals surface area contributed by atoms with E-state index in [0.29, 0.717) is 15.0 Å². The molecular formula is C12H9ClN4O2S. The summed E-state index contributed by atoms with van der Waals surface area (Å²) in [4.78, 5) is 12.2. The van der Waals surface area contributed by atoms with Gasteiger partial charge in [0.25, 0.3) is 5.82 Å². The molecule has 1 aromatic carbocycles. The molecule has 2 heterocycles. The van der Waals surface area contributed by atoms with Gasteiger partial charge in [-0.3, -0.25) is 0 Å². The average molecular weight is 309 g/mol. The number of fused-ring (bicyclic) bond motifs is 1. The van der Waals surface area contributed by atoms with Gasteiger partial charge in [-0.1, -0.05) is 35.1 Å². The fourth-order valence-electron chi connectivity index (χ4n) is 1.68. The van der Waals surface area contributed by atoms with Gasteiger partial charge in [0.15, 0.2) is 0 Å². The first-order valence-electron chi connectivity index (χ1n) is 5.84. The van der Waals surface area contributed by atoms with Crippen molar-refractivity contribution in [3.8, 4) is 10.6 Å². The molecule has 20 heavy (non-hydrogen) atoms. The van der Waals surface area contributed by atoms with Crippen molar-refractivity contribution in [2.45, 2.75) is 6.92 Å². The molecule has 0 saturated heterocycles.